The fourth-order valence-corrected chi connectivity index (χ4v) is 5.22. The first-order chi connectivity index (χ1) is 18.4. The van der Waals surface area contributed by atoms with Crippen LogP contribution in [0.5, 0.6) is 11.5 Å². The minimum Gasteiger partial charge on any atom is -0.454 e. The first kappa shape index (κ1) is 26.0. The summed E-state index contributed by atoms with van der Waals surface area (Å²) in [4.78, 5) is 26.2. The molecule has 3 aromatic carbocycles. The highest BCUT2D eigenvalue weighted by molar-refractivity contribution is 5.96. The summed E-state index contributed by atoms with van der Waals surface area (Å²) >= 11 is 0. The molecule has 6 heteroatoms. The average molecular weight is 514 g/mol. The Kier molecular flexibility index (Phi) is 7.52. The standard InChI is InChI=1S/C32H35NO5/c1-3-4-5-26(19-34)33-31(36)24-10-8-23(9-11-24)27-16-22(7-6-21(27)2)17-30(35)32(14-15-32)25-12-13-28-29(18-25)38-20-37-28/h6-13,16,18,26,34H,3-5,14-15,17,19-20H2,1-2H3,(H,33,36)/t26-/m0/s1. The van der Waals surface area contributed by atoms with Crippen molar-refractivity contribution in [3.05, 3.63) is 82.9 Å². The van der Waals surface area contributed by atoms with Gasteiger partial charge in [-0.15, -0.1) is 0 Å². The van der Waals surface area contributed by atoms with E-state index in [0.29, 0.717) is 17.7 Å². The number of rotatable bonds is 11. The Labute approximate surface area is 224 Å². The number of ether oxygens (including phenoxy) is 2. The van der Waals surface area contributed by atoms with E-state index in [1.165, 1.54) is 0 Å². The van der Waals surface area contributed by atoms with Crippen molar-refractivity contribution in [3.63, 3.8) is 0 Å². The van der Waals surface area contributed by atoms with E-state index in [4.69, 9.17) is 9.47 Å². The number of Topliss-reactive ketones (excluding diaryl/α,β-unsaturated/α-hetero) is 1. The SMILES string of the molecule is CCCC[C@@H](CO)NC(=O)c1ccc(-c2cc(CC(=O)C3(c4ccc5c(c4)OCO5)CC3)ccc2C)cc1. The molecular formula is C32H35NO5. The second-order valence-electron chi connectivity index (χ2n) is 10.5. The second kappa shape index (κ2) is 11.0. The lowest BCUT2D eigenvalue weighted by atomic mass is 9.87. The molecule has 1 fully saturated rings. The minimum atomic E-state index is -0.440. The number of hydrogen-bond donors (Lipinski definition) is 2. The van der Waals surface area contributed by atoms with Crippen LogP contribution in [0.25, 0.3) is 11.1 Å². The van der Waals surface area contributed by atoms with Crippen LogP contribution < -0.4 is 14.8 Å². The van der Waals surface area contributed by atoms with E-state index in [9.17, 15) is 14.7 Å². The fraction of sp³-hybridized carbons (Fsp3) is 0.375. The topological polar surface area (TPSA) is 84.9 Å². The van der Waals surface area contributed by atoms with Crippen molar-refractivity contribution in [2.75, 3.05) is 13.4 Å². The average Bonchev–Trinajstić information content (AvgIpc) is 3.62. The lowest BCUT2D eigenvalue weighted by molar-refractivity contribution is -0.120. The van der Waals surface area contributed by atoms with Crippen LogP contribution in [0, 0.1) is 6.92 Å². The van der Waals surface area contributed by atoms with E-state index in [-0.39, 0.29) is 31.1 Å². The Hall–Kier alpha value is -3.64. The number of aliphatic hydroxyl groups excluding tert-OH is 1. The van der Waals surface area contributed by atoms with Crippen LogP contribution in [0.2, 0.25) is 0 Å². The van der Waals surface area contributed by atoms with Crippen molar-refractivity contribution in [2.45, 2.75) is 63.8 Å². The molecule has 3 aromatic rings. The zero-order chi connectivity index (χ0) is 26.7. The number of aliphatic hydroxyl groups is 1. The van der Waals surface area contributed by atoms with Crippen molar-refractivity contribution in [1.82, 2.24) is 5.32 Å². The summed E-state index contributed by atoms with van der Waals surface area (Å²) in [6, 6.07) is 19.3. The van der Waals surface area contributed by atoms with E-state index in [0.717, 1.165) is 65.7 Å². The van der Waals surface area contributed by atoms with Crippen LogP contribution >= 0.6 is 0 Å². The quantitative estimate of drug-likeness (QED) is 0.353. The van der Waals surface area contributed by atoms with Crippen molar-refractivity contribution >= 4 is 11.7 Å². The maximum absolute atomic E-state index is 13.5. The fourth-order valence-electron chi connectivity index (χ4n) is 5.22. The largest absolute Gasteiger partial charge is 0.454 e. The first-order valence-corrected chi connectivity index (χ1v) is 13.5. The minimum absolute atomic E-state index is 0.0650. The van der Waals surface area contributed by atoms with Gasteiger partial charge < -0.3 is 19.9 Å². The van der Waals surface area contributed by atoms with Gasteiger partial charge in [0.1, 0.15) is 5.78 Å². The number of benzene rings is 3. The van der Waals surface area contributed by atoms with Crippen LogP contribution in [0.1, 0.15) is 66.1 Å². The molecule has 6 nitrogen and oxygen atoms in total. The van der Waals surface area contributed by atoms with Crippen LogP contribution in [0.15, 0.2) is 60.7 Å². The summed E-state index contributed by atoms with van der Waals surface area (Å²) in [6.45, 7) is 4.30. The summed E-state index contributed by atoms with van der Waals surface area (Å²) in [5.41, 5.74) is 5.26. The summed E-state index contributed by atoms with van der Waals surface area (Å²) in [5, 5.41) is 12.5. The first-order valence-electron chi connectivity index (χ1n) is 13.5. The van der Waals surface area contributed by atoms with Gasteiger partial charge in [0.15, 0.2) is 11.5 Å². The number of aryl methyl sites for hydroxylation is 1. The molecule has 1 saturated carbocycles. The van der Waals surface area contributed by atoms with Gasteiger partial charge in [-0.2, -0.15) is 0 Å². The number of ketones is 1. The van der Waals surface area contributed by atoms with Crippen molar-refractivity contribution < 1.29 is 24.2 Å². The molecule has 1 atom stereocenters. The predicted octanol–water partition coefficient (Wildman–Crippen LogP) is 5.52. The van der Waals surface area contributed by atoms with Crippen LogP contribution in [-0.2, 0) is 16.6 Å². The Balaban J connectivity index is 1.29. The maximum atomic E-state index is 13.5. The zero-order valence-electron chi connectivity index (χ0n) is 22.1. The summed E-state index contributed by atoms with van der Waals surface area (Å²) in [7, 11) is 0. The van der Waals surface area contributed by atoms with Gasteiger partial charge in [0.05, 0.1) is 18.1 Å². The molecule has 2 N–H and O–H groups in total. The van der Waals surface area contributed by atoms with Crippen LogP contribution in [0.3, 0.4) is 0 Å². The van der Waals surface area contributed by atoms with Gasteiger partial charge in [-0.3, -0.25) is 9.59 Å². The molecule has 2 aliphatic rings. The number of unbranched alkanes of at least 4 members (excludes halogenated alkanes) is 1. The Morgan fingerprint density at radius 3 is 2.47 bits per heavy atom. The Morgan fingerprint density at radius 1 is 1.00 bits per heavy atom. The van der Waals surface area contributed by atoms with Gasteiger partial charge in [0.25, 0.3) is 5.91 Å². The molecular weight excluding hydrogens is 478 g/mol. The monoisotopic (exact) mass is 513 g/mol. The van der Waals surface area contributed by atoms with Gasteiger partial charge in [0, 0.05) is 12.0 Å². The number of nitrogens with one attached hydrogen (secondary N) is 1. The predicted molar refractivity (Wildman–Crippen MR) is 147 cm³/mol. The van der Waals surface area contributed by atoms with Crippen LogP contribution in [-0.4, -0.2) is 36.2 Å². The molecule has 0 bridgehead atoms. The van der Waals surface area contributed by atoms with Gasteiger partial charge in [-0.05, 0) is 78.3 Å². The summed E-state index contributed by atoms with van der Waals surface area (Å²) < 4.78 is 11.0. The van der Waals surface area contributed by atoms with Crippen molar-refractivity contribution in [1.29, 1.82) is 0 Å². The highest BCUT2D eigenvalue weighted by Crippen LogP contribution is 2.51. The molecule has 0 saturated heterocycles. The van der Waals surface area contributed by atoms with Crippen molar-refractivity contribution in [3.8, 4) is 22.6 Å². The molecule has 1 heterocycles. The third kappa shape index (κ3) is 5.32. The second-order valence-corrected chi connectivity index (χ2v) is 10.5. The van der Waals surface area contributed by atoms with E-state index in [1.54, 1.807) is 0 Å². The number of amides is 1. The van der Waals surface area contributed by atoms with Gasteiger partial charge in [0.2, 0.25) is 6.79 Å². The Bertz CT molecular complexity index is 1330. The number of carbonyl (C=O) groups excluding carboxylic acids is 2. The number of fused-ring (bicyclic) bond motifs is 1. The van der Waals surface area contributed by atoms with Gasteiger partial charge in [-0.1, -0.05) is 56.2 Å². The van der Waals surface area contributed by atoms with E-state index < -0.39 is 5.41 Å². The molecule has 198 valence electrons. The molecule has 38 heavy (non-hydrogen) atoms. The third-order valence-corrected chi connectivity index (χ3v) is 7.80. The van der Waals surface area contributed by atoms with E-state index in [1.807, 2.05) is 48.5 Å². The molecule has 0 radical (unpaired) electrons. The van der Waals surface area contributed by atoms with Crippen molar-refractivity contribution in [2.24, 2.45) is 0 Å². The zero-order valence-corrected chi connectivity index (χ0v) is 22.1. The lowest BCUT2D eigenvalue weighted by Crippen LogP contribution is -2.37. The van der Waals surface area contributed by atoms with E-state index in [2.05, 4.69) is 31.3 Å². The normalized spacial score (nSPS) is 15.7. The molecule has 1 amide bonds. The number of carbonyl (C=O) groups is 2. The number of hydrogen-bond acceptors (Lipinski definition) is 5. The summed E-state index contributed by atoms with van der Waals surface area (Å²) in [6.07, 6.45) is 4.80. The lowest BCUT2D eigenvalue weighted by Gasteiger charge is -2.17. The molecule has 5 rings (SSSR count). The highest BCUT2D eigenvalue weighted by atomic mass is 16.7. The molecule has 0 spiro atoms. The third-order valence-electron chi connectivity index (χ3n) is 7.80. The molecule has 1 aliphatic carbocycles. The molecule has 0 aromatic heterocycles. The molecule has 0 unspecified atom stereocenters. The highest BCUT2D eigenvalue weighted by Gasteiger charge is 2.50. The summed E-state index contributed by atoms with van der Waals surface area (Å²) in [5.74, 6) is 1.48. The van der Waals surface area contributed by atoms with Gasteiger partial charge in [-0.25, -0.2) is 0 Å². The molecule has 1 aliphatic heterocycles. The smallest absolute Gasteiger partial charge is 0.251 e. The van der Waals surface area contributed by atoms with Crippen LogP contribution in [0.4, 0.5) is 0 Å². The van der Waals surface area contributed by atoms with Gasteiger partial charge >= 0.3 is 0 Å². The Morgan fingerprint density at radius 2 is 1.76 bits per heavy atom. The maximum Gasteiger partial charge on any atom is 0.251 e. The van der Waals surface area contributed by atoms with E-state index >= 15 is 0 Å².